The Hall–Kier alpha value is -2.93. The van der Waals surface area contributed by atoms with Gasteiger partial charge in [-0.05, 0) is 30.2 Å². The van der Waals surface area contributed by atoms with Crippen molar-refractivity contribution >= 4 is 5.91 Å². The molecule has 0 aliphatic carbocycles. The summed E-state index contributed by atoms with van der Waals surface area (Å²) in [6, 6.07) is 22.5. The van der Waals surface area contributed by atoms with E-state index >= 15 is 0 Å². The maximum atomic E-state index is 13.3. The number of amides is 1. The Morgan fingerprint density at radius 2 is 1.76 bits per heavy atom. The zero-order valence-electron chi connectivity index (χ0n) is 19.3. The van der Waals surface area contributed by atoms with Crippen molar-refractivity contribution in [3.05, 3.63) is 95.4 Å². The van der Waals surface area contributed by atoms with Crippen LogP contribution in [0, 0.1) is 6.92 Å². The Morgan fingerprint density at radius 3 is 2.45 bits per heavy atom. The van der Waals surface area contributed by atoms with Crippen molar-refractivity contribution < 1.29 is 13.9 Å². The van der Waals surface area contributed by atoms with Crippen molar-refractivity contribution in [3.8, 4) is 0 Å². The second-order valence-electron chi connectivity index (χ2n) is 8.57. The predicted octanol–water partition coefficient (Wildman–Crippen LogP) is 3.78. The van der Waals surface area contributed by atoms with Gasteiger partial charge in [0.1, 0.15) is 5.76 Å². The van der Waals surface area contributed by atoms with Crippen molar-refractivity contribution in [3.63, 3.8) is 0 Å². The Balaban J connectivity index is 1.44. The Morgan fingerprint density at radius 1 is 1.00 bits per heavy atom. The third-order valence-electron chi connectivity index (χ3n) is 6.02. The third-order valence-corrected chi connectivity index (χ3v) is 6.02. The van der Waals surface area contributed by atoms with Gasteiger partial charge in [0.25, 0.3) is 0 Å². The lowest BCUT2D eigenvalue weighted by Gasteiger charge is -2.31. The highest BCUT2D eigenvalue weighted by molar-refractivity contribution is 5.78. The van der Waals surface area contributed by atoms with E-state index in [4.69, 9.17) is 9.15 Å². The maximum absolute atomic E-state index is 13.3. The second-order valence-corrected chi connectivity index (χ2v) is 8.57. The van der Waals surface area contributed by atoms with Crippen LogP contribution >= 0.6 is 0 Å². The average Bonchev–Trinajstić information content (AvgIpc) is 3.36. The molecule has 1 fully saturated rings. The number of carbonyl (C=O) groups excluding carboxylic acids is 1. The summed E-state index contributed by atoms with van der Waals surface area (Å²) in [5.74, 6) is 0.831. The molecule has 0 spiro atoms. The van der Waals surface area contributed by atoms with E-state index in [9.17, 15) is 4.79 Å². The summed E-state index contributed by atoms with van der Waals surface area (Å²) < 4.78 is 11.0. The fraction of sp³-hybridized carbons (Fsp3) is 0.370. The molecule has 1 saturated heterocycles. The number of nitrogens with zero attached hydrogens (tertiary/aromatic N) is 2. The molecule has 33 heavy (non-hydrogen) atoms. The molecule has 6 heteroatoms. The van der Waals surface area contributed by atoms with E-state index in [1.165, 1.54) is 11.1 Å². The summed E-state index contributed by atoms with van der Waals surface area (Å²) >= 11 is 0. The number of ether oxygens (including phenoxy) is 1. The highest BCUT2D eigenvalue weighted by Crippen LogP contribution is 2.17. The molecular formula is C27H33N3O3. The highest BCUT2D eigenvalue weighted by Gasteiger charge is 2.21. The van der Waals surface area contributed by atoms with Crippen molar-refractivity contribution in [2.24, 2.45) is 0 Å². The van der Waals surface area contributed by atoms with E-state index < -0.39 is 0 Å². The molecule has 0 saturated carbocycles. The van der Waals surface area contributed by atoms with Crippen LogP contribution in [0.5, 0.6) is 0 Å². The molecule has 2 heterocycles. The van der Waals surface area contributed by atoms with Crippen LogP contribution in [0.3, 0.4) is 0 Å². The molecule has 174 valence electrons. The molecular weight excluding hydrogens is 414 g/mol. The summed E-state index contributed by atoms with van der Waals surface area (Å²) in [5, 5.41) is 3.54. The lowest BCUT2D eigenvalue weighted by Crippen LogP contribution is -2.44. The lowest BCUT2D eigenvalue weighted by atomic mass is 10.0. The monoisotopic (exact) mass is 447 g/mol. The molecule has 1 aliphatic heterocycles. The average molecular weight is 448 g/mol. The van der Waals surface area contributed by atoms with Crippen LogP contribution < -0.4 is 5.32 Å². The zero-order chi connectivity index (χ0) is 22.9. The summed E-state index contributed by atoms with van der Waals surface area (Å²) in [6.45, 7) is 7.52. The Bertz CT molecular complexity index is 968. The van der Waals surface area contributed by atoms with E-state index in [1.807, 2.05) is 47.4 Å². The van der Waals surface area contributed by atoms with Crippen molar-refractivity contribution in [2.75, 3.05) is 39.4 Å². The van der Waals surface area contributed by atoms with E-state index in [0.717, 1.165) is 44.2 Å². The molecule has 1 N–H and O–H groups in total. The van der Waals surface area contributed by atoms with Crippen LogP contribution in [-0.4, -0.2) is 55.1 Å². The van der Waals surface area contributed by atoms with E-state index in [2.05, 4.69) is 41.4 Å². The molecule has 0 bridgehead atoms. The molecule has 1 aliphatic rings. The van der Waals surface area contributed by atoms with Crippen molar-refractivity contribution in [2.45, 2.75) is 26.1 Å². The van der Waals surface area contributed by atoms with Crippen LogP contribution in [-0.2, 0) is 22.6 Å². The number of nitrogens with one attached hydrogen (secondary N) is 1. The van der Waals surface area contributed by atoms with E-state index in [0.29, 0.717) is 13.1 Å². The molecule has 0 radical (unpaired) electrons. The van der Waals surface area contributed by atoms with Gasteiger partial charge < -0.3 is 19.4 Å². The quantitative estimate of drug-likeness (QED) is 0.513. The molecule has 0 unspecified atom stereocenters. The first-order valence-corrected chi connectivity index (χ1v) is 11.6. The van der Waals surface area contributed by atoms with Gasteiger partial charge >= 0.3 is 0 Å². The number of hydrogen-bond donors (Lipinski definition) is 1. The molecule has 4 rings (SSSR count). The van der Waals surface area contributed by atoms with E-state index in [-0.39, 0.29) is 18.5 Å². The van der Waals surface area contributed by atoms with Gasteiger partial charge in [-0.15, -0.1) is 0 Å². The minimum absolute atomic E-state index is 0.0503. The fourth-order valence-corrected chi connectivity index (χ4v) is 4.08. The first-order valence-electron chi connectivity index (χ1n) is 11.6. The first-order chi connectivity index (χ1) is 16.2. The zero-order valence-corrected chi connectivity index (χ0v) is 19.3. The number of aryl methyl sites for hydroxylation is 1. The van der Waals surface area contributed by atoms with Gasteiger partial charge in [0.05, 0.1) is 32.6 Å². The van der Waals surface area contributed by atoms with Crippen LogP contribution in [0.15, 0.2) is 77.4 Å². The highest BCUT2D eigenvalue weighted by atomic mass is 16.5. The number of hydrogen-bond acceptors (Lipinski definition) is 5. The molecule has 1 amide bonds. The smallest absolute Gasteiger partial charge is 0.237 e. The number of furan rings is 1. The van der Waals surface area contributed by atoms with Gasteiger partial charge in [0.15, 0.2) is 0 Å². The SMILES string of the molecule is Cc1ccc([C@H](CN2CCOCC2)NCC(=O)N(Cc2ccccc2)Cc2ccco2)cc1. The van der Waals surface area contributed by atoms with Gasteiger partial charge in [-0.1, -0.05) is 60.2 Å². The molecule has 6 nitrogen and oxygen atoms in total. The van der Waals surface area contributed by atoms with Gasteiger partial charge in [-0.25, -0.2) is 0 Å². The summed E-state index contributed by atoms with van der Waals surface area (Å²) in [4.78, 5) is 17.6. The summed E-state index contributed by atoms with van der Waals surface area (Å²) in [7, 11) is 0. The summed E-state index contributed by atoms with van der Waals surface area (Å²) in [6.07, 6.45) is 1.65. The topological polar surface area (TPSA) is 58.0 Å². The normalized spacial score (nSPS) is 15.3. The maximum Gasteiger partial charge on any atom is 0.237 e. The van der Waals surface area contributed by atoms with Crippen LogP contribution in [0.2, 0.25) is 0 Å². The molecule has 2 aromatic carbocycles. The second kappa shape index (κ2) is 11.8. The van der Waals surface area contributed by atoms with E-state index in [1.54, 1.807) is 6.26 Å². The number of morpholine rings is 1. The van der Waals surface area contributed by atoms with Crippen LogP contribution in [0.4, 0.5) is 0 Å². The third kappa shape index (κ3) is 7.02. The number of rotatable bonds is 10. The predicted molar refractivity (Wildman–Crippen MR) is 129 cm³/mol. The van der Waals surface area contributed by atoms with Crippen molar-refractivity contribution in [1.29, 1.82) is 0 Å². The van der Waals surface area contributed by atoms with Gasteiger partial charge in [0.2, 0.25) is 5.91 Å². The van der Waals surface area contributed by atoms with Gasteiger partial charge in [-0.2, -0.15) is 0 Å². The molecule has 3 aromatic rings. The largest absolute Gasteiger partial charge is 0.467 e. The van der Waals surface area contributed by atoms with Gasteiger partial charge in [-0.3, -0.25) is 9.69 Å². The first kappa shape index (κ1) is 23.2. The lowest BCUT2D eigenvalue weighted by molar-refractivity contribution is -0.132. The standard InChI is InChI=1S/C27H33N3O3/c1-22-9-11-24(12-10-22)26(21-29-13-16-32-17-14-29)28-18-27(31)30(20-25-8-5-15-33-25)19-23-6-3-2-4-7-23/h2-12,15,26,28H,13-14,16-21H2,1H3/t26-/m0/s1. The summed E-state index contributed by atoms with van der Waals surface area (Å²) in [5.41, 5.74) is 3.52. The number of carbonyl (C=O) groups is 1. The van der Waals surface area contributed by atoms with Crippen molar-refractivity contribution in [1.82, 2.24) is 15.1 Å². The minimum atomic E-state index is 0.0503. The van der Waals surface area contributed by atoms with Gasteiger partial charge in [0, 0.05) is 32.2 Å². The molecule has 1 atom stereocenters. The molecule has 1 aromatic heterocycles. The number of benzene rings is 2. The fourth-order valence-electron chi connectivity index (χ4n) is 4.08. The minimum Gasteiger partial charge on any atom is -0.467 e. The van der Waals surface area contributed by atoms with Crippen LogP contribution in [0.1, 0.15) is 28.5 Å². The Kier molecular flexibility index (Phi) is 8.30. The Labute approximate surface area is 196 Å². The van der Waals surface area contributed by atoms with Crippen LogP contribution in [0.25, 0.3) is 0 Å².